The third kappa shape index (κ3) is 6.65. The first-order chi connectivity index (χ1) is 14.9. The lowest BCUT2D eigenvalue weighted by Gasteiger charge is -2.08. The topological polar surface area (TPSA) is 80.3 Å². The first-order valence-corrected chi connectivity index (χ1v) is 11.1. The summed E-state index contributed by atoms with van der Waals surface area (Å²) >= 11 is 1.40. The summed E-state index contributed by atoms with van der Waals surface area (Å²) in [5.74, 6) is 0.475. The zero-order valence-electron chi connectivity index (χ0n) is 18.0. The van der Waals surface area contributed by atoms with Crippen LogP contribution in [0.15, 0.2) is 47.8 Å². The summed E-state index contributed by atoms with van der Waals surface area (Å²) in [4.78, 5) is 28.8. The molecule has 0 aliphatic carbocycles. The average molecular weight is 438 g/mol. The molecule has 0 fully saturated rings. The highest BCUT2D eigenvalue weighted by molar-refractivity contribution is 7.09. The molecule has 0 aliphatic rings. The highest BCUT2D eigenvalue weighted by atomic mass is 32.1. The molecule has 0 saturated heterocycles. The Kier molecular flexibility index (Phi) is 7.78. The van der Waals surface area contributed by atoms with Crippen LogP contribution >= 0.6 is 11.3 Å². The molecule has 2 aromatic carbocycles. The van der Waals surface area contributed by atoms with Crippen molar-refractivity contribution < 1.29 is 14.3 Å². The Balaban J connectivity index is 1.39. The van der Waals surface area contributed by atoms with E-state index in [4.69, 9.17) is 4.74 Å². The summed E-state index contributed by atoms with van der Waals surface area (Å²) < 4.78 is 5.80. The van der Waals surface area contributed by atoms with Crippen LogP contribution in [-0.2, 0) is 6.61 Å². The van der Waals surface area contributed by atoms with Crippen molar-refractivity contribution in [2.24, 2.45) is 0 Å². The maximum absolute atomic E-state index is 12.3. The van der Waals surface area contributed by atoms with Crippen LogP contribution in [0, 0.1) is 20.8 Å². The van der Waals surface area contributed by atoms with E-state index in [-0.39, 0.29) is 11.8 Å². The Hall–Kier alpha value is -3.19. The van der Waals surface area contributed by atoms with E-state index in [1.807, 2.05) is 51.1 Å². The molecule has 1 aromatic heterocycles. The third-order valence-electron chi connectivity index (χ3n) is 4.66. The van der Waals surface area contributed by atoms with Gasteiger partial charge >= 0.3 is 0 Å². The van der Waals surface area contributed by atoms with Crippen molar-refractivity contribution in [1.29, 1.82) is 0 Å². The standard InChI is InChI=1S/C24H27N3O3S/c1-16-11-17(2)13-19(12-16)30-14-22-27-21(15-31-22)24(29)26-10-6-9-25-23(28)20-8-5-4-7-18(20)3/h4-5,7-8,11-13,15H,6,9-10,14H2,1-3H3,(H,25,28)(H,26,29). The molecule has 3 aromatic rings. The molecule has 2 N–H and O–H groups in total. The molecule has 7 heteroatoms. The van der Waals surface area contributed by atoms with Gasteiger partial charge < -0.3 is 15.4 Å². The molecule has 2 amide bonds. The van der Waals surface area contributed by atoms with Crippen LogP contribution in [-0.4, -0.2) is 29.9 Å². The summed E-state index contributed by atoms with van der Waals surface area (Å²) in [7, 11) is 0. The minimum absolute atomic E-state index is 0.0997. The van der Waals surface area contributed by atoms with Crippen LogP contribution < -0.4 is 15.4 Å². The molecular formula is C24H27N3O3S. The molecule has 1 heterocycles. The van der Waals surface area contributed by atoms with E-state index >= 15 is 0 Å². The number of rotatable bonds is 9. The van der Waals surface area contributed by atoms with Crippen molar-refractivity contribution in [3.8, 4) is 5.75 Å². The number of carbonyl (C=O) groups is 2. The van der Waals surface area contributed by atoms with Gasteiger partial charge in [0.15, 0.2) is 0 Å². The molecule has 0 saturated carbocycles. The van der Waals surface area contributed by atoms with Gasteiger partial charge in [0.1, 0.15) is 23.1 Å². The number of amides is 2. The fraction of sp³-hybridized carbons (Fsp3) is 0.292. The molecule has 0 bridgehead atoms. The number of nitrogens with one attached hydrogen (secondary N) is 2. The number of benzene rings is 2. The number of hydrogen-bond acceptors (Lipinski definition) is 5. The van der Waals surface area contributed by atoms with E-state index < -0.39 is 0 Å². The predicted molar refractivity (Wildman–Crippen MR) is 123 cm³/mol. The number of ether oxygens (including phenoxy) is 1. The molecule has 0 radical (unpaired) electrons. The number of aryl methyl sites for hydroxylation is 3. The van der Waals surface area contributed by atoms with Crippen molar-refractivity contribution >= 4 is 23.2 Å². The highest BCUT2D eigenvalue weighted by Crippen LogP contribution is 2.19. The van der Waals surface area contributed by atoms with E-state index in [0.717, 1.165) is 27.4 Å². The van der Waals surface area contributed by atoms with E-state index in [9.17, 15) is 9.59 Å². The molecule has 3 rings (SSSR count). The summed E-state index contributed by atoms with van der Waals surface area (Å²) in [6.07, 6.45) is 0.635. The minimum atomic E-state index is -0.223. The second-order valence-electron chi connectivity index (χ2n) is 7.42. The smallest absolute Gasteiger partial charge is 0.270 e. The van der Waals surface area contributed by atoms with Crippen molar-refractivity contribution in [3.63, 3.8) is 0 Å². The zero-order chi connectivity index (χ0) is 22.2. The van der Waals surface area contributed by atoms with Gasteiger partial charge in [0, 0.05) is 24.0 Å². The lowest BCUT2D eigenvalue weighted by atomic mass is 10.1. The van der Waals surface area contributed by atoms with E-state index in [0.29, 0.717) is 37.4 Å². The lowest BCUT2D eigenvalue weighted by Crippen LogP contribution is -2.30. The van der Waals surface area contributed by atoms with Gasteiger partial charge in [0.25, 0.3) is 11.8 Å². The molecule has 0 spiro atoms. The Bertz CT molecular complexity index is 1040. The third-order valence-corrected chi connectivity index (χ3v) is 5.48. The lowest BCUT2D eigenvalue weighted by molar-refractivity contribution is 0.0948. The van der Waals surface area contributed by atoms with Gasteiger partial charge in [-0.05, 0) is 62.1 Å². The molecule has 6 nitrogen and oxygen atoms in total. The number of thiazole rings is 1. The largest absolute Gasteiger partial charge is 0.486 e. The fourth-order valence-electron chi connectivity index (χ4n) is 3.15. The first kappa shape index (κ1) is 22.5. The summed E-state index contributed by atoms with van der Waals surface area (Å²) in [5.41, 5.74) is 4.28. The van der Waals surface area contributed by atoms with Gasteiger partial charge in [-0.3, -0.25) is 9.59 Å². The SMILES string of the molecule is Cc1cc(C)cc(OCc2nc(C(=O)NCCCNC(=O)c3ccccc3C)cs2)c1. The molecule has 0 atom stereocenters. The van der Waals surface area contributed by atoms with Gasteiger partial charge in [0.05, 0.1) is 0 Å². The Morgan fingerprint density at radius 1 is 0.968 bits per heavy atom. The van der Waals surface area contributed by atoms with Crippen molar-refractivity contribution in [1.82, 2.24) is 15.6 Å². The summed E-state index contributed by atoms with van der Waals surface area (Å²) in [6, 6.07) is 13.5. The van der Waals surface area contributed by atoms with Gasteiger partial charge in [0.2, 0.25) is 0 Å². The number of hydrogen-bond donors (Lipinski definition) is 2. The van der Waals surface area contributed by atoms with Crippen LogP contribution in [0.5, 0.6) is 5.75 Å². The minimum Gasteiger partial charge on any atom is -0.486 e. The normalized spacial score (nSPS) is 10.5. The highest BCUT2D eigenvalue weighted by Gasteiger charge is 2.11. The van der Waals surface area contributed by atoms with Crippen LogP contribution in [0.4, 0.5) is 0 Å². The van der Waals surface area contributed by atoms with E-state index in [1.54, 1.807) is 11.4 Å². The Labute approximate surface area is 186 Å². The summed E-state index contributed by atoms with van der Waals surface area (Å²) in [5, 5.41) is 8.19. The maximum atomic E-state index is 12.3. The quantitative estimate of drug-likeness (QED) is 0.492. The van der Waals surface area contributed by atoms with Gasteiger partial charge in [-0.15, -0.1) is 11.3 Å². The number of aromatic nitrogens is 1. The molecule has 0 unspecified atom stereocenters. The number of carbonyl (C=O) groups excluding carboxylic acids is 2. The summed E-state index contributed by atoms with van der Waals surface area (Å²) in [6.45, 7) is 7.23. The maximum Gasteiger partial charge on any atom is 0.270 e. The molecular weight excluding hydrogens is 410 g/mol. The number of nitrogens with zero attached hydrogens (tertiary/aromatic N) is 1. The van der Waals surface area contributed by atoms with Gasteiger partial charge in [-0.25, -0.2) is 4.98 Å². The molecule has 0 aliphatic heterocycles. The Morgan fingerprint density at radius 3 is 2.35 bits per heavy atom. The molecule has 31 heavy (non-hydrogen) atoms. The van der Waals surface area contributed by atoms with Gasteiger partial charge in [-0.2, -0.15) is 0 Å². The second kappa shape index (κ2) is 10.7. The van der Waals surface area contributed by atoms with Crippen LogP contribution in [0.1, 0.15) is 49.0 Å². The molecule has 162 valence electrons. The monoisotopic (exact) mass is 437 g/mol. The first-order valence-electron chi connectivity index (χ1n) is 10.2. The van der Waals surface area contributed by atoms with Crippen LogP contribution in [0.2, 0.25) is 0 Å². The van der Waals surface area contributed by atoms with Crippen molar-refractivity contribution in [2.75, 3.05) is 13.1 Å². The zero-order valence-corrected chi connectivity index (χ0v) is 18.8. The fourth-order valence-corrected chi connectivity index (χ4v) is 3.83. The predicted octanol–water partition coefficient (Wildman–Crippen LogP) is 4.20. The van der Waals surface area contributed by atoms with E-state index in [2.05, 4.69) is 21.7 Å². The van der Waals surface area contributed by atoms with Crippen LogP contribution in [0.3, 0.4) is 0 Å². The van der Waals surface area contributed by atoms with Crippen molar-refractivity contribution in [2.45, 2.75) is 33.8 Å². The van der Waals surface area contributed by atoms with Crippen LogP contribution in [0.25, 0.3) is 0 Å². The average Bonchev–Trinajstić information content (AvgIpc) is 3.20. The Morgan fingerprint density at radius 2 is 1.65 bits per heavy atom. The van der Waals surface area contributed by atoms with Crippen molar-refractivity contribution in [3.05, 3.63) is 80.8 Å². The van der Waals surface area contributed by atoms with E-state index in [1.165, 1.54) is 11.3 Å². The second-order valence-corrected chi connectivity index (χ2v) is 8.36. The van der Waals surface area contributed by atoms with Gasteiger partial charge in [-0.1, -0.05) is 24.3 Å².